The molecule has 2 atom stereocenters. The summed E-state index contributed by atoms with van der Waals surface area (Å²) in [5, 5.41) is 13.6. The van der Waals surface area contributed by atoms with Crippen molar-refractivity contribution in [3.8, 4) is 0 Å². The molecule has 11 nitrogen and oxygen atoms in total. The van der Waals surface area contributed by atoms with E-state index in [1.165, 1.54) is 4.57 Å². The second-order valence-electron chi connectivity index (χ2n) is 10.6. The van der Waals surface area contributed by atoms with Crippen LogP contribution < -0.4 is 16.3 Å². The van der Waals surface area contributed by atoms with Gasteiger partial charge < -0.3 is 15.2 Å². The zero-order valence-electron chi connectivity index (χ0n) is 21.8. The van der Waals surface area contributed by atoms with Gasteiger partial charge in [-0.2, -0.15) is 0 Å². The molecule has 2 aromatic rings. The minimum Gasteiger partial charge on any atom is -0.465 e. The molecule has 0 saturated carbocycles. The Balaban J connectivity index is 1.35. The summed E-state index contributed by atoms with van der Waals surface area (Å²) in [5.41, 5.74) is 2.32. The molecule has 1 aromatic heterocycles. The minimum atomic E-state index is -1.04. The van der Waals surface area contributed by atoms with Crippen LogP contribution in [0.15, 0.2) is 23.0 Å². The summed E-state index contributed by atoms with van der Waals surface area (Å²) in [4.78, 5) is 50.1. The highest BCUT2D eigenvalue weighted by Crippen LogP contribution is 2.26. The third-order valence-corrected chi connectivity index (χ3v) is 7.66. The number of rotatable bonds is 9. The van der Waals surface area contributed by atoms with Crippen LogP contribution in [0.4, 0.5) is 4.79 Å². The van der Waals surface area contributed by atoms with E-state index in [0.29, 0.717) is 25.1 Å². The Bertz CT molecular complexity index is 1230. The summed E-state index contributed by atoms with van der Waals surface area (Å²) in [6, 6.07) is 5.25. The lowest BCUT2D eigenvalue weighted by molar-refractivity contribution is -0.135. The number of ether oxygens (including phenoxy) is 1. The van der Waals surface area contributed by atoms with Crippen LogP contribution in [0.1, 0.15) is 57.6 Å². The largest absolute Gasteiger partial charge is 0.465 e. The molecule has 0 spiro atoms. The first-order chi connectivity index (χ1) is 17.6. The number of fused-ring (bicyclic) bond motifs is 1. The zero-order chi connectivity index (χ0) is 26.7. The number of amides is 3. The number of carbonyl (C=O) groups is 3. The first-order valence-electron chi connectivity index (χ1n) is 12.9. The van der Waals surface area contributed by atoms with Crippen molar-refractivity contribution in [1.29, 1.82) is 0 Å². The van der Waals surface area contributed by atoms with Gasteiger partial charge in [0.1, 0.15) is 6.04 Å². The Morgan fingerprint density at radius 2 is 2.00 bits per heavy atom. The van der Waals surface area contributed by atoms with Crippen molar-refractivity contribution in [3.63, 3.8) is 0 Å². The SMILES string of the molecule is Cn1c(=O)n(C2CCC(=O)NC2=O)c2ccc(CCCCC(C)(C)N3CCO[C@H](CNC(=O)O)C3)cc21. The maximum Gasteiger partial charge on any atom is 0.404 e. The zero-order valence-corrected chi connectivity index (χ0v) is 21.8. The smallest absolute Gasteiger partial charge is 0.404 e. The van der Waals surface area contributed by atoms with Gasteiger partial charge in [-0.15, -0.1) is 0 Å². The number of imidazole rings is 1. The number of benzene rings is 1. The van der Waals surface area contributed by atoms with E-state index in [0.717, 1.165) is 43.3 Å². The number of piperidine rings is 1. The maximum absolute atomic E-state index is 13.0. The number of unbranched alkanes of at least 4 members (excludes halogenated alkanes) is 1. The second-order valence-corrected chi connectivity index (χ2v) is 10.6. The number of imide groups is 1. The standard InChI is InChI=1S/C26H37N5O6/c1-26(2,30-12-13-37-18(16-30)15-27-24(34)35)11-5-4-6-17-7-8-19-21(14-17)29(3)25(36)31(19)20-9-10-22(32)28-23(20)33/h7-8,14,18,20,27H,4-6,9-13,15-16H2,1-3H3,(H,34,35)(H,28,32,33)/t18-,20?/m1/s1. The van der Waals surface area contributed by atoms with Gasteiger partial charge in [0, 0.05) is 38.6 Å². The van der Waals surface area contributed by atoms with Gasteiger partial charge in [0.25, 0.3) is 0 Å². The van der Waals surface area contributed by atoms with E-state index in [-0.39, 0.29) is 36.2 Å². The predicted octanol–water partition coefficient (Wildman–Crippen LogP) is 1.78. The topological polar surface area (TPSA) is 135 Å². The van der Waals surface area contributed by atoms with E-state index in [1.54, 1.807) is 11.6 Å². The lowest BCUT2D eigenvalue weighted by Crippen LogP contribution is -2.55. The molecule has 0 radical (unpaired) electrons. The number of carbonyl (C=O) groups excluding carboxylic acids is 2. The molecular weight excluding hydrogens is 478 g/mol. The molecule has 2 aliphatic rings. The van der Waals surface area contributed by atoms with Crippen molar-refractivity contribution in [2.75, 3.05) is 26.2 Å². The Labute approximate surface area is 215 Å². The van der Waals surface area contributed by atoms with Crippen LogP contribution in [-0.4, -0.2) is 74.9 Å². The summed E-state index contributed by atoms with van der Waals surface area (Å²) in [6.07, 6.45) is 3.25. The van der Waals surface area contributed by atoms with E-state index in [1.807, 2.05) is 18.2 Å². The molecule has 37 heavy (non-hydrogen) atoms. The number of morpholine rings is 1. The average Bonchev–Trinajstić information content (AvgIpc) is 3.10. The van der Waals surface area contributed by atoms with Crippen LogP contribution in [-0.2, 0) is 27.8 Å². The number of aromatic nitrogens is 2. The molecule has 11 heteroatoms. The summed E-state index contributed by atoms with van der Waals surface area (Å²) in [5.74, 6) is -0.731. The molecule has 1 unspecified atom stereocenters. The second kappa shape index (κ2) is 11.1. The van der Waals surface area contributed by atoms with E-state index in [9.17, 15) is 19.2 Å². The van der Waals surface area contributed by atoms with Crippen molar-refractivity contribution < 1.29 is 24.2 Å². The Morgan fingerprint density at radius 3 is 2.73 bits per heavy atom. The average molecular weight is 516 g/mol. The van der Waals surface area contributed by atoms with Crippen molar-refractivity contribution in [2.24, 2.45) is 7.05 Å². The van der Waals surface area contributed by atoms with E-state index >= 15 is 0 Å². The molecular formula is C26H37N5O6. The maximum atomic E-state index is 13.0. The van der Waals surface area contributed by atoms with Gasteiger partial charge in [0.05, 0.1) is 23.7 Å². The Hall–Kier alpha value is -3.18. The molecule has 2 aliphatic heterocycles. The van der Waals surface area contributed by atoms with Crippen molar-refractivity contribution >= 4 is 28.9 Å². The van der Waals surface area contributed by atoms with Crippen molar-refractivity contribution in [1.82, 2.24) is 24.7 Å². The molecule has 202 valence electrons. The monoisotopic (exact) mass is 515 g/mol. The molecule has 2 fully saturated rings. The summed E-state index contributed by atoms with van der Waals surface area (Å²) >= 11 is 0. The third-order valence-electron chi connectivity index (χ3n) is 7.66. The number of nitrogens with one attached hydrogen (secondary N) is 2. The lowest BCUT2D eigenvalue weighted by Gasteiger charge is -2.43. The first kappa shape index (κ1) is 26.9. The van der Waals surface area contributed by atoms with Gasteiger partial charge in [0.2, 0.25) is 11.8 Å². The fourth-order valence-electron chi connectivity index (χ4n) is 5.43. The van der Waals surface area contributed by atoms with Crippen LogP contribution in [0.3, 0.4) is 0 Å². The number of nitrogens with zero attached hydrogens (tertiary/aromatic N) is 3. The number of aryl methyl sites for hydroxylation is 2. The van der Waals surface area contributed by atoms with Crippen LogP contribution in [0.25, 0.3) is 11.0 Å². The fraction of sp³-hybridized carbons (Fsp3) is 0.615. The van der Waals surface area contributed by atoms with Crippen LogP contribution in [0, 0.1) is 0 Å². The summed E-state index contributed by atoms with van der Waals surface area (Å²) < 4.78 is 8.78. The number of carboxylic acid groups (broad SMARTS) is 1. The number of hydrogen-bond donors (Lipinski definition) is 3. The van der Waals surface area contributed by atoms with Gasteiger partial charge in [-0.1, -0.05) is 12.5 Å². The Morgan fingerprint density at radius 1 is 1.22 bits per heavy atom. The van der Waals surface area contributed by atoms with Gasteiger partial charge in [-0.25, -0.2) is 9.59 Å². The minimum absolute atomic E-state index is 0.0295. The quantitative estimate of drug-likeness (QED) is 0.342. The third kappa shape index (κ3) is 6.04. The van der Waals surface area contributed by atoms with Crippen LogP contribution >= 0.6 is 0 Å². The number of hydrogen-bond acceptors (Lipinski definition) is 6. The molecule has 2 saturated heterocycles. The fourth-order valence-corrected chi connectivity index (χ4v) is 5.43. The molecule has 1 aromatic carbocycles. The molecule has 3 amide bonds. The Kier molecular flexibility index (Phi) is 8.03. The van der Waals surface area contributed by atoms with Gasteiger partial charge in [-0.3, -0.25) is 28.9 Å². The van der Waals surface area contributed by atoms with Gasteiger partial charge >= 0.3 is 11.8 Å². The van der Waals surface area contributed by atoms with Crippen LogP contribution in [0.2, 0.25) is 0 Å². The summed E-state index contributed by atoms with van der Waals surface area (Å²) in [6.45, 7) is 6.84. The van der Waals surface area contributed by atoms with Crippen LogP contribution in [0.5, 0.6) is 0 Å². The highest BCUT2D eigenvalue weighted by Gasteiger charge is 2.32. The van der Waals surface area contributed by atoms with Crippen molar-refractivity contribution in [3.05, 3.63) is 34.2 Å². The van der Waals surface area contributed by atoms with E-state index < -0.39 is 18.0 Å². The molecule has 3 N–H and O–H groups in total. The lowest BCUT2D eigenvalue weighted by atomic mass is 9.92. The molecule has 0 bridgehead atoms. The van der Waals surface area contributed by atoms with Gasteiger partial charge in [-0.05, 0) is 57.2 Å². The summed E-state index contributed by atoms with van der Waals surface area (Å²) in [7, 11) is 1.71. The molecule has 0 aliphatic carbocycles. The normalized spacial score (nSPS) is 21.3. The van der Waals surface area contributed by atoms with E-state index in [4.69, 9.17) is 9.84 Å². The van der Waals surface area contributed by atoms with Gasteiger partial charge in [0.15, 0.2) is 0 Å². The highest BCUT2D eigenvalue weighted by molar-refractivity contribution is 6.00. The first-order valence-corrected chi connectivity index (χ1v) is 12.9. The molecule has 4 rings (SSSR count). The highest BCUT2D eigenvalue weighted by atomic mass is 16.5. The van der Waals surface area contributed by atoms with E-state index in [2.05, 4.69) is 29.4 Å². The molecule has 3 heterocycles. The predicted molar refractivity (Wildman–Crippen MR) is 138 cm³/mol. The van der Waals surface area contributed by atoms with Crippen molar-refractivity contribution in [2.45, 2.75) is 70.1 Å².